The first-order valence-electron chi connectivity index (χ1n) is 5.84. The van der Waals surface area contributed by atoms with Crippen LogP contribution in [-0.4, -0.2) is 9.97 Å². The molecule has 1 aromatic heterocycles. The van der Waals surface area contributed by atoms with Gasteiger partial charge in [0.1, 0.15) is 5.82 Å². The van der Waals surface area contributed by atoms with E-state index in [0.29, 0.717) is 26.5 Å². The van der Waals surface area contributed by atoms with Crippen molar-refractivity contribution in [2.75, 3.05) is 0 Å². The number of benzene rings is 2. The fourth-order valence-electron chi connectivity index (χ4n) is 1.84. The zero-order chi connectivity index (χ0) is 14.1. The Morgan fingerprint density at radius 1 is 1.20 bits per heavy atom. The molecule has 0 fully saturated rings. The van der Waals surface area contributed by atoms with E-state index in [2.05, 4.69) is 9.97 Å². The normalized spacial score (nSPS) is 11.2. The maximum atomic E-state index is 13.7. The lowest BCUT2D eigenvalue weighted by Crippen LogP contribution is -1.89. The second kappa shape index (κ2) is 5.64. The molecule has 0 unspecified atom stereocenters. The van der Waals surface area contributed by atoms with Gasteiger partial charge >= 0.3 is 0 Å². The molecule has 20 heavy (non-hydrogen) atoms. The molecule has 0 aliphatic heterocycles. The molecule has 0 saturated heterocycles. The Morgan fingerprint density at radius 3 is 2.85 bits per heavy atom. The summed E-state index contributed by atoms with van der Waals surface area (Å²) in [6, 6.07) is 10.1. The van der Waals surface area contributed by atoms with E-state index in [1.807, 2.05) is 12.1 Å². The topological polar surface area (TPSA) is 28.7 Å². The quantitative estimate of drug-likeness (QED) is 0.661. The summed E-state index contributed by atoms with van der Waals surface area (Å²) < 4.78 is 13.7. The molecular formula is C14H9Cl2FN2S. The van der Waals surface area contributed by atoms with Crippen molar-refractivity contribution in [3.8, 4) is 0 Å². The molecule has 0 amide bonds. The van der Waals surface area contributed by atoms with Crippen LogP contribution in [0.3, 0.4) is 0 Å². The Morgan fingerprint density at radius 2 is 2.05 bits per heavy atom. The lowest BCUT2D eigenvalue weighted by atomic mass is 10.2. The molecule has 1 N–H and O–H groups in total. The molecule has 0 radical (unpaired) electrons. The molecule has 0 bridgehead atoms. The van der Waals surface area contributed by atoms with Crippen LogP contribution in [0.25, 0.3) is 11.0 Å². The highest BCUT2D eigenvalue weighted by molar-refractivity contribution is 7.98. The first-order valence-corrected chi connectivity index (χ1v) is 7.58. The summed E-state index contributed by atoms with van der Waals surface area (Å²) in [5, 5.41) is 1.79. The van der Waals surface area contributed by atoms with Gasteiger partial charge in [-0.2, -0.15) is 0 Å². The highest BCUT2D eigenvalue weighted by atomic mass is 35.5. The van der Waals surface area contributed by atoms with Crippen molar-refractivity contribution in [1.82, 2.24) is 9.97 Å². The highest BCUT2D eigenvalue weighted by Crippen LogP contribution is 2.28. The van der Waals surface area contributed by atoms with E-state index in [0.717, 1.165) is 11.0 Å². The Bertz CT molecular complexity index is 753. The second-order valence-electron chi connectivity index (χ2n) is 4.19. The SMILES string of the molecule is Fc1cccc(Cl)c1CSc1nc2ccc(Cl)cc2[nH]1. The van der Waals surface area contributed by atoms with E-state index in [1.54, 1.807) is 18.2 Å². The fraction of sp³-hybridized carbons (Fsp3) is 0.0714. The Labute approximate surface area is 129 Å². The van der Waals surface area contributed by atoms with Crippen molar-refractivity contribution >= 4 is 46.0 Å². The van der Waals surface area contributed by atoms with Crippen LogP contribution < -0.4 is 0 Å². The summed E-state index contributed by atoms with van der Waals surface area (Å²) in [6.45, 7) is 0. The average Bonchev–Trinajstić information content (AvgIpc) is 2.80. The van der Waals surface area contributed by atoms with Crippen molar-refractivity contribution < 1.29 is 4.39 Å². The Kier molecular flexibility index (Phi) is 3.87. The molecule has 102 valence electrons. The van der Waals surface area contributed by atoms with Gasteiger partial charge in [0.25, 0.3) is 0 Å². The Balaban J connectivity index is 1.83. The lowest BCUT2D eigenvalue weighted by Gasteiger charge is -2.03. The molecule has 3 aromatic rings. The van der Waals surface area contributed by atoms with Gasteiger partial charge in [0, 0.05) is 21.4 Å². The number of H-pyrrole nitrogens is 1. The number of fused-ring (bicyclic) bond motifs is 1. The van der Waals surface area contributed by atoms with E-state index in [1.165, 1.54) is 17.8 Å². The van der Waals surface area contributed by atoms with Crippen LogP contribution in [0.15, 0.2) is 41.6 Å². The van der Waals surface area contributed by atoms with Crippen LogP contribution >= 0.6 is 35.0 Å². The van der Waals surface area contributed by atoms with Crippen molar-refractivity contribution in [1.29, 1.82) is 0 Å². The van der Waals surface area contributed by atoms with Gasteiger partial charge in [0.15, 0.2) is 5.16 Å². The zero-order valence-corrected chi connectivity index (χ0v) is 12.5. The van der Waals surface area contributed by atoms with Gasteiger partial charge in [-0.25, -0.2) is 9.37 Å². The van der Waals surface area contributed by atoms with E-state index in [-0.39, 0.29) is 5.82 Å². The number of nitrogens with zero attached hydrogens (tertiary/aromatic N) is 1. The summed E-state index contributed by atoms with van der Waals surface area (Å²) in [6.07, 6.45) is 0. The predicted molar refractivity (Wildman–Crippen MR) is 82.1 cm³/mol. The third-order valence-corrected chi connectivity index (χ3v) is 4.33. The van der Waals surface area contributed by atoms with Crippen LogP contribution in [0.1, 0.15) is 5.56 Å². The van der Waals surface area contributed by atoms with Crippen LogP contribution in [0.4, 0.5) is 4.39 Å². The molecule has 0 spiro atoms. The number of thioether (sulfide) groups is 1. The molecule has 0 aliphatic carbocycles. The van der Waals surface area contributed by atoms with Crippen molar-refractivity contribution in [3.05, 3.63) is 57.8 Å². The standard InChI is InChI=1S/C14H9Cl2FN2S/c15-8-4-5-12-13(6-8)19-14(18-12)20-7-9-10(16)2-1-3-11(9)17/h1-6H,7H2,(H,18,19). The number of halogens is 3. The molecule has 2 nitrogen and oxygen atoms in total. The van der Waals surface area contributed by atoms with Crippen molar-refractivity contribution in [2.45, 2.75) is 10.9 Å². The summed E-state index contributed by atoms with van der Waals surface area (Å²) in [4.78, 5) is 7.56. The van der Waals surface area contributed by atoms with Gasteiger partial charge in [-0.05, 0) is 30.3 Å². The van der Waals surface area contributed by atoms with Crippen molar-refractivity contribution in [2.24, 2.45) is 0 Å². The number of imidazole rings is 1. The highest BCUT2D eigenvalue weighted by Gasteiger charge is 2.09. The van der Waals surface area contributed by atoms with E-state index < -0.39 is 0 Å². The number of hydrogen-bond donors (Lipinski definition) is 1. The van der Waals surface area contributed by atoms with Crippen molar-refractivity contribution in [3.63, 3.8) is 0 Å². The van der Waals surface area contributed by atoms with E-state index in [4.69, 9.17) is 23.2 Å². The Hall–Kier alpha value is -1.23. The predicted octanol–water partition coefficient (Wildman–Crippen LogP) is 5.30. The minimum absolute atomic E-state index is 0.302. The molecular weight excluding hydrogens is 318 g/mol. The molecule has 0 saturated carbocycles. The lowest BCUT2D eigenvalue weighted by molar-refractivity contribution is 0.617. The summed E-state index contributed by atoms with van der Waals surface area (Å²) in [5.41, 5.74) is 2.17. The number of aromatic nitrogens is 2. The first-order chi connectivity index (χ1) is 9.63. The molecule has 3 rings (SSSR count). The van der Waals surface area contributed by atoms with Gasteiger partial charge in [0.2, 0.25) is 0 Å². The summed E-state index contributed by atoms with van der Waals surface area (Å²) in [5.74, 6) is 0.114. The number of nitrogens with one attached hydrogen (secondary N) is 1. The molecule has 2 aromatic carbocycles. The maximum absolute atomic E-state index is 13.7. The average molecular weight is 327 g/mol. The van der Waals surface area contributed by atoms with Crippen LogP contribution in [-0.2, 0) is 5.75 Å². The van der Waals surface area contributed by atoms with Gasteiger partial charge in [-0.3, -0.25) is 0 Å². The third kappa shape index (κ3) is 2.77. The molecule has 6 heteroatoms. The van der Waals surface area contributed by atoms with Crippen LogP contribution in [0, 0.1) is 5.82 Å². The largest absolute Gasteiger partial charge is 0.333 e. The van der Waals surface area contributed by atoms with Crippen LogP contribution in [0.2, 0.25) is 10.0 Å². The van der Waals surface area contributed by atoms with Gasteiger partial charge in [-0.1, -0.05) is 41.0 Å². The number of aromatic amines is 1. The maximum Gasteiger partial charge on any atom is 0.166 e. The van der Waals surface area contributed by atoms with E-state index in [9.17, 15) is 4.39 Å². The molecule has 0 atom stereocenters. The third-order valence-electron chi connectivity index (χ3n) is 2.84. The summed E-state index contributed by atoms with van der Waals surface area (Å²) in [7, 11) is 0. The van der Waals surface area contributed by atoms with Gasteiger partial charge in [-0.15, -0.1) is 0 Å². The van der Waals surface area contributed by atoms with Gasteiger partial charge < -0.3 is 4.98 Å². The minimum atomic E-state index is -0.302. The first kappa shape index (κ1) is 13.7. The molecule has 0 aliphatic rings. The number of rotatable bonds is 3. The summed E-state index contributed by atoms with van der Waals surface area (Å²) >= 11 is 13.3. The van der Waals surface area contributed by atoms with Gasteiger partial charge in [0.05, 0.1) is 11.0 Å². The van der Waals surface area contributed by atoms with E-state index >= 15 is 0 Å². The fourth-order valence-corrected chi connectivity index (χ4v) is 3.24. The monoisotopic (exact) mass is 326 g/mol. The molecule has 1 heterocycles. The minimum Gasteiger partial charge on any atom is -0.333 e. The zero-order valence-electron chi connectivity index (χ0n) is 10.2. The smallest absolute Gasteiger partial charge is 0.166 e. The second-order valence-corrected chi connectivity index (χ2v) is 6.00. The number of hydrogen-bond acceptors (Lipinski definition) is 2. The van der Waals surface area contributed by atoms with Crippen LogP contribution in [0.5, 0.6) is 0 Å².